The maximum Gasteiger partial charge on any atom is 0.175 e. The van der Waals surface area contributed by atoms with E-state index in [1.165, 1.54) is 5.56 Å². The molecule has 0 aliphatic carbocycles. The molecule has 2 N–H and O–H groups in total. The van der Waals surface area contributed by atoms with Gasteiger partial charge in [-0.1, -0.05) is 23.7 Å². The number of thiocarbonyl (C=S) groups is 1. The Morgan fingerprint density at radius 2 is 1.67 bits per heavy atom. The standard InChI is InChI=1S/C14H13ClN2S/c1-10-3-2-4-13(9-10)17-14(18)16-12-7-5-11(15)6-8-12/h2-9H,1H3,(H2,16,17,18). The molecule has 92 valence electrons. The van der Waals surface area contributed by atoms with Gasteiger partial charge in [0, 0.05) is 16.4 Å². The van der Waals surface area contributed by atoms with Gasteiger partial charge in [0.25, 0.3) is 0 Å². The molecule has 4 heteroatoms. The minimum atomic E-state index is 0.558. The Morgan fingerprint density at radius 3 is 2.33 bits per heavy atom. The van der Waals surface area contributed by atoms with E-state index in [9.17, 15) is 0 Å². The normalized spacial score (nSPS) is 9.89. The van der Waals surface area contributed by atoms with Crippen molar-refractivity contribution in [1.82, 2.24) is 0 Å². The summed E-state index contributed by atoms with van der Waals surface area (Å²) >= 11 is 11.1. The van der Waals surface area contributed by atoms with E-state index in [-0.39, 0.29) is 0 Å². The van der Waals surface area contributed by atoms with E-state index >= 15 is 0 Å². The highest BCUT2D eigenvalue weighted by atomic mass is 35.5. The third-order valence-electron chi connectivity index (χ3n) is 2.38. The fourth-order valence-electron chi connectivity index (χ4n) is 1.55. The molecule has 0 saturated carbocycles. The van der Waals surface area contributed by atoms with Gasteiger partial charge in [-0.05, 0) is 61.1 Å². The number of nitrogens with one attached hydrogen (secondary N) is 2. The Bertz CT molecular complexity index is 552. The molecule has 0 aliphatic heterocycles. The molecule has 2 nitrogen and oxygen atoms in total. The predicted molar refractivity (Wildman–Crippen MR) is 82.5 cm³/mol. The molecule has 0 atom stereocenters. The first-order valence-electron chi connectivity index (χ1n) is 5.54. The molecular formula is C14H13ClN2S. The van der Waals surface area contributed by atoms with Gasteiger partial charge in [-0.15, -0.1) is 0 Å². The summed E-state index contributed by atoms with van der Waals surface area (Å²) < 4.78 is 0. The largest absolute Gasteiger partial charge is 0.332 e. The van der Waals surface area contributed by atoms with E-state index in [4.69, 9.17) is 23.8 Å². The van der Waals surface area contributed by atoms with Gasteiger partial charge in [0.1, 0.15) is 0 Å². The van der Waals surface area contributed by atoms with Crippen LogP contribution in [0.1, 0.15) is 5.56 Å². The fraction of sp³-hybridized carbons (Fsp3) is 0.0714. The zero-order valence-electron chi connectivity index (χ0n) is 9.91. The average molecular weight is 277 g/mol. The third-order valence-corrected chi connectivity index (χ3v) is 2.83. The Labute approximate surface area is 117 Å². The molecule has 0 spiro atoms. The quantitative estimate of drug-likeness (QED) is 0.792. The van der Waals surface area contributed by atoms with Crippen molar-refractivity contribution < 1.29 is 0 Å². The maximum absolute atomic E-state index is 5.82. The lowest BCUT2D eigenvalue weighted by molar-refractivity contribution is 1.46. The topological polar surface area (TPSA) is 24.1 Å². The third kappa shape index (κ3) is 3.72. The Kier molecular flexibility index (Phi) is 4.18. The van der Waals surface area contributed by atoms with Gasteiger partial charge in [-0.25, -0.2) is 0 Å². The van der Waals surface area contributed by atoms with Crippen molar-refractivity contribution in [2.45, 2.75) is 6.92 Å². The van der Waals surface area contributed by atoms with Crippen LogP contribution in [-0.4, -0.2) is 5.11 Å². The van der Waals surface area contributed by atoms with E-state index in [2.05, 4.69) is 10.6 Å². The Balaban J connectivity index is 1.98. The first-order chi connectivity index (χ1) is 8.63. The van der Waals surface area contributed by atoms with Gasteiger partial charge in [0.15, 0.2) is 5.11 Å². The number of hydrogen-bond acceptors (Lipinski definition) is 1. The molecule has 0 aliphatic rings. The van der Waals surface area contributed by atoms with E-state index in [1.807, 2.05) is 55.5 Å². The number of rotatable bonds is 2. The van der Waals surface area contributed by atoms with Crippen LogP contribution in [0.5, 0.6) is 0 Å². The summed E-state index contributed by atoms with van der Waals surface area (Å²) in [5, 5.41) is 7.50. The lowest BCUT2D eigenvalue weighted by Crippen LogP contribution is -2.18. The fourth-order valence-corrected chi connectivity index (χ4v) is 1.91. The monoisotopic (exact) mass is 276 g/mol. The van der Waals surface area contributed by atoms with Crippen molar-refractivity contribution in [3.63, 3.8) is 0 Å². The summed E-state index contributed by atoms with van der Waals surface area (Å²) in [6.07, 6.45) is 0. The summed E-state index contributed by atoms with van der Waals surface area (Å²) in [5.41, 5.74) is 3.07. The van der Waals surface area contributed by atoms with Gasteiger partial charge in [-0.2, -0.15) is 0 Å². The summed E-state index contributed by atoms with van der Waals surface area (Å²) in [4.78, 5) is 0. The van der Waals surface area contributed by atoms with Crippen LogP contribution in [0.25, 0.3) is 0 Å². The van der Waals surface area contributed by atoms with Crippen LogP contribution in [0.3, 0.4) is 0 Å². The van der Waals surface area contributed by atoms with Crippen LogP contribution < -0.4 is 10.6 Å². The number of halogens is 1. The van der Waals surface area contributed by atoms with Crippen molar-refractivity contribution in [2.24, 2.45) is 0 Å². The van der Waals surface area contributed by atoms with Crippen molar-refractivity contribution in [3.05, 3.63) is 59.1 Å². The van der Waals surface area contributed by atoms with Gasteiger partial charge in [0.2, 0.25) is 0 Å². The van der Waals surface area contributed by atoms with E-state index in [1.54, 1.807) is 0 Å². The van der Waals surface area contributed by atoms with Crippen LogP contribution in [0, 0.1) is 6.92 Å². The van der Waals surface area contributed by atoms with E-state index in [0.29, 0.717) is 10.1 Å². The van der Waals surface area contributed by atoms with Crippen molar-refractivity contribution in [2.75, 3.05) is 10.6 Å². The number of aryl methyl sites for hydroxylation is 1. The lowest BCUT2D eigenvalue weighted by atomic mass is 10.2. The highest BCUT2D eigenvalue weighted by Crippen LogP contribution is 2.14. The molecule has 0 unspecified atom stereocenters. The van der Waals surface area contributed by atoms with Crippen LogP contribution in [0.2, 0.25) is 5.02 Å². The Hall–Kier alpha value is -1.58. The molecular weight excluding hydrogens is 264 g/mol. The van der Waals surface area contributed by atoms with Crippen molar-refractivity contribution in [1.29, 1.82) is 0 Å². The first-order valence-corrected chi connectivity index (χ1v) is 6.32. The Morgan fingerprint density at radius 1 is 1.00 bits per heavy atom. The summed E-state index contributed by atoms with van der Waals surface area (Å²) in [6.45, 7) is 2.04. The summed E-state index contributed by atoms with van der Waals surface area (Å²) in [7, 11) is 0. The van der Waals surface area contributed by atoms with E-state index in [0.717, 1.165) is 11.4 Å². The zero-order chi connectivity index (χ0) is 13.0. The minimum Gasteiger partial charge on any atom is -0.332 e. The van der Waals surface area contributed by atoms with Crippen LogP contribution >= 0.6 is 23.8 Å². The molecule has 0 heterocycles. The predicted octanol–water partition coefficient (Wildman–Crippen LogP) is 4.46. The van der Waals surface area contributed by atoms with Gasteiger partial charge >= 0.3 is 0 Å². The molecule has 18 heavy (non-hydrogen) atoms. The zero-order valence-corrected chi connectivity index (χ0v) is 11.5. The minimum absolute atomic E-state index is 0.558. The highest BCUT2D eigenvalue weighted by Gasteiger charge is 1.99. The van der Waals surface area contributed by atoms with Gasteiger partial charge in [0.05, 0.1) is 0 Å². The summed E-state index contributed by atoms with van der Waals surface area (Å²) in [5.74, 6) is 0. The second kappa shape index (κ2) is 5.85. The van der Waals surface area contributed by atoms with E-state index < -0.39 is 0 Å². The van der Waals surface area contributed by atoms with Crippen molar-refractivity contribution in [3.8, 4) is 0 Å². The SMILES string of the molecule is Cc1cccc(NC(=S)Nc2ccc(Cl)cc2)c1. The molecule has 0 saturated heterocycles. The lowest BCUT2D eigenvalue weighted by Gasteiger charge is -2.11. The smallest absolute Gasteiger partial charge is 0.175 e. The highest BCUT2D eigenvalue weighted by molar-refractivity contribution is 7.80. The van der Waals surface area contributed by atoms with Gasteiger partial charge < -0.3 is 10.6 Å². The average Bonchev–Trinajstić information content (AvgIpc) is 2.32. The first kappa shape index (κ1) is 12.9. The maximum atomic E-state index is 5.82. The van der Waals surface area contributed by atoms with Crippen LogP contribution in [0.15, 0.2) is 48.5 Å². The van der Waals surface area contributed by atoms with Gasteiger partial charge in [-0.3, -0.25) is 0 Å². The molecule has 2 rings (SSSR count). The molecule has 2 aromatic rings. The molecule has 0 amide bonds. The number of benzene rings is 2. The number of hydrogen-bond donors (Lipinski definition) is 2. The number of anilines is 2. The second-order valence-electron chi connectivity index (χ2n) is 3.96. The molecule has 0 fully saturated rings. The van der Waals surface area contributed by atoms with Crippen LogP contribution in [-0.2, 0) is 0 Å². The molecule has 2 aromatic carbocycles. The summed E-state index contributed by atoms with van der Waals surface area (Å²) in [6, 6.07) is 15.4. The second-order valence-corrected chi connectivity index (χ2v) is 4.80. The van der Waals surface area contributed by atoms with Crippen LogP contribution in [0.4, 0.5) is 11.4 Å². The molecule has 0 radical (unpaired) electrons. The molecule has 0 bridgehead atoms. The molecule has 0 aromatic heterocycles. The van der Waals surface area contributed by atoms with Crippen molar-refractivity contribution >= 4 is 40.3 Å².